The van der Waals surface area contributed by atoms with E-state index >= 15 is 0 Å². The first-order valence-corrected chi connectivity index (χ1v) is 24.9. The van der Waals surface area contributed by atoms with Gasteiger partial charge >= 0.3 is 0 Å². The standard InChI is InChI=1S/C45H91FOS/c1-5-7-9-11-13-15-17-19-20-21-23-25-27-31-35-42-48(3,4)43-36-32-28-29-33-38-44(46)39-37-41-45(47)40-34-30-26-24-22-18-16-14-12-10-8-6-2/h39,45,47H,5-38,40-43H2,1-4H3/b44-39+/t45-/m1/s1. The van der Waals surface area contributed by atoms with Crippen LogP contribution in [0, 0.1) is 0 Å². The third kappa shape index (κ3) is 38.8. The maximum Gasteiger partial charge on any atom is 0.0959 e. The minimum atomic E-state index is -0.430. The minimum Gasteiger partial charge on any atom is -0.393 e. The van der Waals surface area contributed by atoms with E-state index in [1.165, 1.54) is 198 Å². The molecule has 0 aliphatic rings. The molecule has 0 rings (SSSR count). The molecule has 0 aromatic rings. The van der Waals surface area contributed by atoms with Gasteiger partial charge in [-0.3, -0.25) is 0 Å². The first-order chi connectivity index (χ1) is 23.4. The molecule has 0 aliphatic carbocycles. The third-order valence-electron chi connectivity index (χ3n) is 10.7. The van der Waals surface area contributed by atoms with Crippen molar-refractivity contribution in [3.8, 4) is 0 Å². The van der Waals surface area contributed by atoms with Gasteiger partial charge in [0.15, 0.2) is 0 Å². The molecule has 0 bridgehead atoms. The lowest BCUT2D eigenvalue weighted by Gasteiger charge is -2.31. The number of halogens is 1. The van der Waals surface area contributed by atoms with Crippen LogP contribution in [-0.2, 0) is 0 Å². The van der Waals surface area contributed by atoms with Gasteiger partial charge in [-0.25, -0.2) is 14.4 Å². The Bertz CT molecular complexity index is 647. The van der Waals surface area contributed by atoms with Crippen LogP contribution in [0.2, 0.25) is 0 Å². The molecule has 0 amide bonds. The van der Waals surface area contributed by atoms with Gasteiger partial charge in [-0.2, -0.15) is 0 Å². The fraction of sp³-hybridized carbons (Fsp3) is 0.956. The lowest BCUT2D eigenvalue weighted by Crippen LogP contribution is -2.06. The molecular formula is C45H91FOS. The summed E-state index contributed by atoms with van der Waals surface area (Å²) >= 11 is 0. The van der Waals surface area contributed by atoms with E-state index in [2.05, 4.69) is 26.4 Å². The molecule has 0 saturated heterocycles. The van der Waals surface area contributed by atoms with Gasteiger partial charge in [-0.1, -0.05) is 206 Å². The van der Waals surface area contributed by atoms with E-state index in [1.54, 1.807) is 6.08 Å². The molecule has 0 unspecified atom stereocenters. The van der Waals surface area contributed by atoms with Crippen LogP contribution in [0.25, 0.3) is 0 Å². The van der Waals surface area contributed by atoms with E-state index in [1.807, 2.05) is 0 Å². The van der Waals surface area contributed by atoms with Gasteiger partial charge in [-0.05, 0) is 69.0 Å². The molecule has 0 aliphatic heterocycles. The number of unbranched alkanes of at least 4 members (excludes halogenated alkanes) is 29. The van der Waals surface area contributed by atoms with Crippen LogP contribution >= 0.6 is 10.0 Å². The van der Waals surface area contributed by atoms with E-state index in [9.17, 15) is 9.50 Å². The maximum atomic E-state index is 14.3. The van der Waals surface area contributed by atoms with Gasteiger partial charge in [0.05, 0.1) is 11.9 Å². The number of rotatable bonds is 40. The molecule has 0 fully saturated rings. The zero-order chi connectivity index (χ0) is 35.2. The van der Waals surface area contributed by atoms with Crippen molar-refractivity contribution < 1.29 is 9.50 Å². The van der Waals surface area contributed by atoms with E-state index < -0.39 is 10.0 Å². The first kappa shape index (κ1) is 48.0. The molecule has 0 saturated carbocycles. The molecule has 1 N–H and O–H groups in total. The molecule has 1 atom stereocenters. The lowest BCUT2D eigenvalue weighted by atomic mass is 10.0. The SMILES string of the molecule is CCCCCCCCCCCCCCCCCS(C)(C)CCCCCCC/C(F)=C\CC[C@H](O)CCCCCCCCCCCCCC. The summed E-state index contributed by atoms with van der Waals surface area (Å²) in [6.45, 7) is 4.58. The molecule has 3 heteroatoms. The van der Waals surface area contributed by atoms with Crippen molar-refractivity contribution in [3.05, 3.63) is 11.9 Å². The van der Waals surface area contributed by atoms with Crippen molar-refractivity contribution in [3.63, 3.8) is 0 Å². The summed E-state index contributed by atoms with van der Waals surface area (Å²) < 4.78 is 14.3. The predicted molar refractivity (Wildman–Crippen MR) is 222 cm³/mol. The van der Waals surface area contributed by atoms with Gasteiger partial charge in [-0.15, -0.1) is 0 Å². The Balaban J connectivity index is 3.49. The van der Waals surface area contributed by atoms with Gasteiger partial charge in [0, 0.05) is 0 Å². The van der Waals surface area contributed by atoms with Gasteiger partial charge in [0.2, 0.25) is 0 Å². The molecule has 290 valence electrons. The Morgan fingerprint density at radius 2 is 0.771 bits per heavy atom. The van der Waals surface area contributed by atoms with E-state index in [4.69, 9.17) is 0 Å². The summed E-state index contributed by atoms with van der Waals surface area (Å²) in [5.41, 5.74) is 0. The normalized spacial score (nSPS) is 13.4. The average molecular weight is 699 g/mol. The van der Waals surface area contributed by atoms with Gasteiger partial charge < -0.3 is 5.11 Å². The van der Waals surface area contributed by atoms with E-state index in [-0.39, 0.29) is 11.9 Å². The molecule has 0 heterocycles. The van der Waals surface area contributed by atoms with Crippen LogP contribution in [0.1, 0.15) is 245 Å². The Morgan fingerprint density at radius 3 is 1.15 bits per heavy atom. The van der Waals surface area contributed by atoms with Crippen molar-refractivity contribution in [1.29, 1.82) is 0 Å². The molecular weight excluding hydrogens is 608 g/mol. The quantitative estimate of drug-likeness (QED) is 0.0632. The summed E-state index contributed by atoms with van der Waals surface area (Å²) in [7, 11) is -0.430. The molecule has 0 aromatic carbocycles. The third-order valence-corrected chi connectivity index (χ3v) is 13.5. The zero-order valence-electron chi connectivity index (χ0n) is 33.8. The van der Waals surface area contributed by atoms with Crippen molar-refractivity contribution >= 4 is 10.0 Å². The van der Waals surface area contributed by atoms with Crippen LogP contribution in [0.4, 0.5) is 4.39 Å². The van der Waals surface area contributed by atoms with E-state index in [0.29, 0.717) is 19.3 Å². The number of hydrogen-bond donors (Lipinski definition) is 1. The highest BCUT2D eigenvalue weighted by atomic mass is 32.3. The highest BCUT2D eigenvalue weighted by Gasteiger charge is 2.11. The lowest BCUT2D eigenvalue weighted by molar-refractivity contribution is 0.151. The Labute approximate surface area is 305 Å². The van der Waals surface area contributed by atoms with Crippen molar-refractivity contribution in [2.24, 2.45) is 0 Å². The minimum absolute atomic E-state index is 0.0432. The topological polar surface area (TPSA) is 20.2 Å². The van der Waals surface area contributed by atoms with Crippen molar-refractivity contribution in [2.75, 3.05) is 24.0 Å². The summed E-state index contributed by atoms with van der Waals surface area (Å²) in [4.78, 5) is 0. The predicted octanol–water partition coefficient (Wildman–Crippen LogP) is 16.3. The first-order valence-electron chi connectivity index (χ1n) is 22.1. The van der Waals surface area contributed by atoms with Crippen LogP contribution < -0.4 is 0 Å². The number of aliphatic hydroxyl groups is 1. The molecule has 48 heavy (non-hydrogen) atoms. The van der Waals surface area contributed by atoms with Gasteiger partial charge in [0.1, 0.15) is 0 Å². The molecule has 0 radical (unpaired) electrons. The summed E-state index contributed by atoms with van der Waals surface area (Å²) in [5.74, 6) is 2.91. The second kappa shape index (κ2) is 38.2. The maximum absolute atomic E-state index is 14.3. The molecule has 0 spiro atoms. The highest BCUT2D eigenvalue weighted by Crippen LogP contribution is 2.42. The average Bonchev–Trinajstić information content (AvgIpc) is 3.06. The monoisotopic (exact) mass is 699 g/mol. The highest BCUT2D eigenvalue weighted by molar-refractivity contribution is 8.32. The van der Waals surface area contributed by atoms with Crippen LogP contribution in [0.5, 0.6) is 0 Å². The van der Waals surface area contributed by atoms with Crippen LogP contribution in [0.3, 0.4) is 0 Å². The fourth-order valence-corrected chi connectivity index (χ4v) is 9.36. The number of allylic oxidation sites excluding steroid dienone is 2. The summed E-state index contributed by atoms with van der Waals surface area (Å²) in [6.07, 6.45) is 53.3. The smallest absolute Gasteiger partial charge is 0.0959 e. The molecule has 1 nitrogen and oxygen atoms in total. The van der Waals surface area contributed by atoms with Gasteiger partial charge in [0.25, 0.3) is 0 Å². The number of hydrogen-bond acceptors (Lipinski definition) is 1. The Kier molecular flexibility index (Phi) is 38.2. The second-order valence-corrected chi connectivity index (χ2v) is 20.6. The van der Waals surface area contributed by atoms with Crippen molar-refractivity contribution in [1.82, 2.24) is 0 Å². The van der Waals surface area contributed by atoms with Crippen molar-refractivity contribution in [2.45, 2.75) is 251 Å². The van der Waals surface area contributed by atoms with E-state index in [0.717, 1.165) is 25.7 Å². The molecule has 0 aromatic heterocycles. The van der Waals surface area contributed by atoms with Crippen LogP contribution in [-0.4, -0.2) is 35.2 Å². The fourth-order valence-electron chi connectivity index (χ4n) is 7.18. The Hall–Kier alpha value is -0.0200. The largest absolute Gasteiger partial charge is 0.393 e. The van der Waals surface area contributed by atoms with Crippen LogP contribution in [0.15, 0.2) is 11.9 Å². The number of aliphatic hydroxyl groups excluding tert-OH is 1. The summed E-state index contributed by atoms with van der Waals surface area (Å²) in [5, 5.41) is 10.3. The zero-order valence-corrected chi connectivity index (χ0v) is 34.6. The Morgan fingerprint density at radius 1 is 0.458 bits per heavy atom. The second-order valence-electron chi connectivity index (χ2n) is 16.2. The summed E-state index contributed by atoms with van der Waals surface area (Å²) in [6, 6.07) is 0.